The molecule has 0 spiro atoms. The first-order valence-electron chi connectivity index (χ1n) is 4.61. The van der Waals surface area contributed by atoms with Crippen LogP contribution in [0.4, 0.5) is 0 Å². The molecular formula is C9H17N3O. The van der Waals surface area contributed by atoms with Crippen molar-refractivity contribution in [2.75, 3.05) is 6.61 Å². The van der Waals surface area contributed by atoms with Crippen molar-refractivity contribution in [2.24, 2.45) is 0 Å². The van der Waals surface area contributed by atoms with Crippen LogP contribution in [0.25, 0.3) is 0 Å². The fourth-order valence-corrected chi connectivity index (χ4v) is 1.16. The van der Waals surface area contributed by atoms with E-state index in [1.807, 2.05) is 19.4 Å². The average Bonchev–Trinajstić information content (AvgIpc) is 2.53. The number of rotatable bonds is 5. The molecule has 0 aliphatic heterocycles. The second kappa shape index (κ2) is 4.99. The van der Waals surface area contributed by atoms with Gasteiger partial charge in [0.2, 0.25) is 0 Å². The van der Waals surface area contributed by atoms with Gasteiger partial charge in [0.25, 0.3) is 0 Å². The lowest BCUT2D eigenvalue weighted by Crippen LogP contribution is -2.17. The van der Waals surface area contributed by atoms with Crippen LogP contribution in [0.2, 0.25) is 0 Å². The highest BCUT2D eigenvalue weighted by Crippen LogP contribution is 2.07. The summed E-state index contributed by atoms with van der Waals surface area (Å²) in [6.45, 7) is 7.59. The molecule has 0 aromatic carbocycles. The Labute approximate surface area is 78.9 Å². The summed E-state index contributed by atoms with van der Waals surface area (Å²) in [5, 5.41) is 0. The lowest BCUT2D eigenvalue weighted by molar-refractivity contribution is 0.0448. The van der Waals surface area contributed by atoms with Crippen LogP contribution in [0.1, 0.15) is 32.5 Å². The van der Waals surface area contributed by atoms with Gasteiger partial charge in [-0.05, 0) is 20.8 Å². The van der Waals surface area contributed by atoms with Crippen LogP contribution in [0, 0.1) is 0 Å². The van der Waals surface area contributed by atoms with Gasteiger partial charge in [-0.15, -0.1) is 0 Å². The number of hydroxylamine groups is 1. The van der Waals surface area contributed by atoms with Gasteiger partial charge in [0.1, 0.15) is 0 Å². The number of imidazole rings is 1. The predicted molar refractivity (Wildman–Crippen MR) is 51.1 cm³/mol. The monoisotopic (exact) mass is 183 g/mol. The Hall–Kier alpha value is -0.870. The molecule has 0 bridgehead atoms. The van der Waals surface area contributed by atoms with Crippen LogP contribution in [0.3, 0.4) is 0 Å². The Morgan fingerprint density at radius 3 is 3.00 bits per heavy atom. The highest BCUT2D eigenvalue weighted by atomic mass is 16.6. The normalized spacial score (nSPS) is 11.1. The lowest BCUT2D eigenvalue weighted by Gasteiger charge is -2.11. The van der Waals surface area contributed by atoms with Crippen molar-refractivity contribution in [3.8, 4) is 0 Å². The van der Waals surface area contributed by atoms with Gasteiger partial charge in [0.05, 0.1) is 25.2 Å². The molecule has 1 aromatic rings. The van der Waals surface area contributed by atoms with Crippen LogP contribution in [-0.4, -0.2) is 16.2 Å². The molecule has 4 nitrogen and oxygen atoms in total. The minimum Gasteiger partial charge on any atom is -0.331 e. The largest absolute Gasteiger partial charge is 0.331 e. The third-order valence-corrected chi connectivity index (χ3v) is 1.80. The lowest BCUT2D eigenvalue weighted by atomic mass is 10.3. The molecule has 1 aromatic heterocycles. The van der Waals surface area contributed by atoms with E-state index in [1.54, 1.807) is 0 Å². The highest BCUT2D eigenvalue weighted by molar-refractivity contribution is 4.98. The second-order valence-electron chi connectivity index (χ2n) is 3.14. The van der Waals surface area contributed by atoms with Crippen LogP contribution >= 0.6 is 0 Å². The van der Waals surface area contributed by atoms with Crippen LogP contribution in [0.5, 0.6) is 0 Å². The van der Waals surface area contributed by atoms with E-state index in [-0.39, 0.29) is 0 Å². The molecule has 1 N–H and O–H groups in total. The molecule has 13 heavy (non-hydrogen) atoms. The molecule has 0 aliphatic rings. The Morgan fingerprint density at radius 2 is 2.38 bits per heavy atom. The van der Waals surface area contributed by atoms with Crippen LogP contribution in [0.15, 0.2) is 12.5 Å². The quantitative estimate of drug-likeness (QED) is 0.555. The molecule has 4 heteroatoms. The maximum atomic E-state index is 5.05. The molecule has 0 unspecified atom stereocenters. The van der Waals surface area contributed by atoms with Gasteiger partial charge in [0, 0.05) is 12.2 Å². The summed E-state index contributed by atoms with van der Waals surface area (Å²) in [5.41, 5.74) is 4.01. The van der Waals surface area contributed by atoms with Gasteiger partial charge in [0.15, 0.2) is 0 Å². The zero-order valence-corrected chi connectivity index (χ0v) is 8.45. The highest BCUT2D eigenvalue weighted by Gasteiger charge is 2.03. The number of hydrogen-bond donors (Lipinski definition) is 1. The maximum Gasteiger partial charge on any atom is 0.0951 e. The van der Waals surface area contributed by atoms with E-state index < -0.39 is 0 Å². The zero-order valence-electron chi connectivity index (χ0n) is 8.45. The summed E-state index contributed by atoms with van der Waals surface area (Å²) in [5.74, 6) is 0. The minimum absolute atomic E-state index is 0.445. The first-order valence-corrected chi connectivity index (χ1v) is 4.61. The fourth-order valence-electron chi connectivity index (χ4n) is 1.16. The number of aromatic nitrogens is 2. The summed E-state index contributed by atoms with van der Waals surface area (Å²) >= 11 is 0. The Morgan fingerprint density at radius 1 is 1.62 bits per heavy atom. The van der Waals surface area contributed by atoms with E-state index in [0.29, 0.717) is 19.2 Å². The van der Waals surface area contributed by atoms with Crippen molar-refractivity contribution < 1.29 is 4.84 Å². The van der Waals surface area contributed by atoms with Gasteiger partial charge < -0.3 is 9.40 Å². The number of hydrogen-bond acceptors (Lipinski definition) is 3. The minimum atomic E-state index is 0.445. The van der Waals surface area contributed by atoms with Gasteiger partial charge in [-0.1, -0.05) is 0 Å². The van der Waals surface area contributed by atoms with E-state index in [9.17, 15) is 0 Å². The van der Waals surface area contributed by atoms with Crippen molar-refractivity contribution in [1.29, 1.82) is 0 Å². The third kappa shape index (κ3) is 2.82. The first kappa shape index (κ1) is 10.2. The molecule has 1 rings (SSSR count). The maximum absolute atomic E-state index is 5.05. The standard InChI is InChI=1S/C9H17N3O/c1-4-13-11-6-9-5-10-7-12(9)8(2)3/h5,7-8,11H,4,6H2,1-3H3. The molecule has 0 aliphatic carbocycles. The number of nitrogens with zero attached hydrogens (tertiary/aromatic N) is 2. The second-order valence-corrected chi connectivity index (χ2v) is 3.14. The van der Waals surface area contributed by atoms with Crippen molar-refractivity contribution in [2.45, 2.75) is 33.4 Å². The summed E-state index contributed by atoms with van der Waals surface area (Å²) in [6, 6.07) is 0.445. The van der Waals surface area contributed by atoms with Crippen LogP contribution in [-0.2, 0) is 11.4 Å². The van der Waals surface area contributed by atoms with Crippen molar-refractivity contribution in [3.05, 3.63) is 18.2 Å². The molecular weight excluding hydrogens is 166 g/mol. The molecule has 0 amide bonds. The molecule has 0 radical (unpaired) electrons. The number of nitrogens with one attached hydrogen (secondary N) is 1. The van der Waals surface area contributed by atoms with Gasteiger partial charge in [-0.2, -0.15) is 5.48 Å². The molecule has 1 heterocycles. The van der Waals surface area contributed by atoms with E-state index in [0.717, 1.165) is 5.69 Å². The Bertz CT molecular complexity index is 245. The van der Waals surface area contributed by atoms with Gasteiger partial charge >= 0.3 is 0 Å². The molecule has 0 saturated heterocycles. The zero-order chi connectivity index (χ0) is 9.68. The first-order chi connectivity index (χ1) is 6.25. The summed E-state index contributed by atoms with van der Waals surface area (Å²) in [4.78, 5) is 9.14. The van der Waals surface area contributed by atoms with E-state index in [4.69, 9.17) is 4.84 Å². The topological polar surface area (TPSA) is 39.1 Å². The van der Waals surface area contributed by atoms with Crippen molar-refractivity contribution in [3.63, 3.8) is 0 Å². The Kier molecular flexibility index (Phi) is 3.92. The fraction of sp³-hybridized carbons (Fsp3) is 0.667. The third-order valence-electron chi connectivity index (χ3n) is 1.80. The Balaban J connectivity index is 2.50. The SMILES string of the molecule is CCONCc1cncn1C(C)C. The van der Waals surface area contributed by atoms with Crippen LogP contribution < -0.4 is 5.48 Å². The summed E-state index contributed by atoms with van der Waals surface area (Å²) < 4.78 is 2.12. The van der Waals surface area contributed by atoms with Crippen molar-refractivity contribution in [1.82, 2.24) is 15.0 Å². The average molecular weight is 183 g/mol. The molecule has 0 fully saturated rings. The summed E-state index contributed by atoms with van der Waals surface area (Å²) in [6.07, 6.45) is 3.69. The van der Waals surface area contributed by atoms with Crippen molar-refractivity contribution >= 4 is 0 Å². The van der Waals surface area contributed by atoms with Gasteiger partial charge in [-0.3, -0.25) is 0 Å². The van der Waals surface area contributed by atoms with E-state index >= 15 is 0 Å². The van der Waals surface area contributed by atoms with Gasteiger partial charge in [-0.25, -0.2) is 4.98 Å². The molecule has 74 valence electrons. The predicted octanol–water partition coefficient (Wildman–Crippen LogP) is 1.51. The smallest absolute Gasteiger partial charge is 0.0951 e. The van der Waals surface area contributed by atoms with E-state index in [1.165, 1.54) is 0 Å². The molecule has 0 saturated carbocycles. The molecule has 0 atom stereocenters. The van der Waals surface area contributed by atoms with E-state index in [2.05, 4.69) is 28.9 Å². The summed E-state index contributed by atoms with van der Waals surface area (Å²) in [7, 11) is 0.